The molecule has 7 heteroatoms. The van der Waals surface area contributed by atoms with Crippen molar-refractivity contribution in [3.8, 4) is 29.0 Å². The minimum Gasteiger partial charge on any atom is -0.481 e. The lowest BCUT2D eigenvalue weighted by molar-refractivity contribution is 0.0953. The van der Waals surface area contributed by atoms with Gasteiger partial charge in [-0.15, -0.1) is 0 Å². The van der Waals surface area contributed by atoms with Gasteiger partial charge in [0, 0.05) is 23.7 Å². The van der Waals surface area contributed by atoms with Gasteiger partial charge in [-0.1, -0.05) is 17.9 Å². The van der Waals surface area contributed by atoms with Crippen LogP contribution in [0.25, 0.3) is 22.4 Å². The molecular formula is C21H16N4O3. The number of rotatable bonds is 5. The maximum atomic E-state index is 12.1. The van der Waals surface area contributed by atoms with Crippen LogP contribution in [0, 0.1) is 11.8 Å². The normalized spacial score (nSPS) is 10.3. The number of nitrogens with one attached hydrogen (secondary N) is 2. The van der Waals surface area contributed by atoms with Gasteiger partial charge in [-0.2, -0.15) is 5.10 Å². The molecule has 3 aromatic heterocycles. The van der Waals surface area contributed by atoms with Crippen molar-refractivity contribution in [1.82, 2.24) is 20.5 Å². The average Bonchev–Trinajstić information content (AvgIpc) is 3.42. The van der Waals surface area contributed by atoms with Gasteiger partial charge in [0.05, 0.1) is 18.3 Å². The number of benzene rings is 1. The van der Waals surface area contributed by atoms with Gasteiger partial charge in [-0.05, 0) is 30.3 Å². The van der Waals surface area contributed by atoms with E-state index in [1.165, 1.54) is 0 Å². The van der Waals surface area contributed by atoms with Crippen LogP contribution in [0.3, 0.4) is 0 Å². The van der Waals surface area contributed by atoms with Crippen molar-refractivity contribution in [1.29, 1.82) is 0 Å². The number of ether oxygens (including phenoxy) is 1. The Bertz CT molecular complexity index is 1150. The van der Waals surface area contributed by atoms with Crippen molar-refractivity contribution >= 4 is 16.8 Å². The molecule has 2 N–H and O–H groups in total. The quantitative estimate of drug-likeness (QED) is 0.525. The number of hydrogen-bond acceptors (Lipinski definition) is 5. The van der Waals surface area contributed by atoms with Crippen LogP contribution < -0.4 is 10.1 Å². The van der Waals surface area contributed by atoms with Gasteiger partial charge in [-0.3, -0.25) is 14.9 Å². The maximum Gasteiger partial charge on any atom is 0.272 e. The van der Waals surface area contributed by atoms with Crippen molar-refractivity contribution < 1.29 is 13.9 Å². The van der Waals surface area contributed by atoms with Crippen molar-refractivity contribution in [2.75, 3.05) is 13.2 Å². The summed E-state index contributed by atoms with van der Waals surface area (Å²) in [5.74, 6) is 6.72. The van der Waals surface area contributed by atoms with Crippen LogP contribution in [-0.2, 0) is 0 Å². The summed E-state index contributed by atoms with van der Waals surface area (Å²) in [4.78, 5) is 16.4. The zero-order valence-electron chi connectivity index (χ0n) is 14.8. The first-order chi connectivity index (χ1) is 13.8. The number of carbonyl (C=O) groups excluding carboxylic acids is 1. The number of carbonyl (C=O) groups is 1. The van der Waals surface area contributed by atoms with E-state index in [2.05, 4.69) is 32.3 Å². The molecule has 0 radical (unpaired) electrons. The van der Waals surface area contributed by atoms with E-state index in [1.54, 1.807) is 30.7 Å². The number of furan rings is 1. The fourth-order valence-corrected chi connectivity index (χ4v) is 2.58. The van der Waals surface area contributed by atoms with Crippen molar-refractivity contribution in [2.24, 2.45) is 0 Å². The number of amides is 1. The molecule has 0 bridgehead atoms. The molecule has 0 saturated carbocycles. The summed E-state index contributed by atoms with van der Waals surface area (Å²) in [6, 6.07) is 14.8. The second-order valence-corrected chi connectivity index (χ2v) is 5.83. The Labute approximate surface area is 160 Å². The Balaban J connectivity index is 1.25. The van der Waals surface area contributed by atoms with Gasteiger partial charge in [0.2, 0.25) is 0 Å². The lowest BCUT2D eigenvalue weighted by atomic mass is 10.2. The average molecular weight is 372 g/mol. The van der Waals surface area contributed by atoms with Gasteiger partial charge >= 0.3 is 0 Å². The Morgan fingerprint density at radius 3 is 3.04 bits per heavy atom. The topological polar surface area (TPSA) is 93.0 Å². The second-order valence-electron chi connectivity index (χ2n) is 5.83. The molecule has 1 aromatic carbocycles. The lowest BCUT2D eigenvalue weighted by Crippen LogP contribution is -2.24. The number of aromatic amines is 1. The van der Waals surface area contributed by atoms with E-state index < -0.39 is 0 Å². The number of hydrogen-bond donors (Lipinski definition) is 2. The van der Waals surface area contributed by atoms with Gasteiger partial charge in [0.25, 0.3) is 5.91 Å². The lowest BCUT2D eigenvalue weighted by Gasteiger charge is -2.03. The first kappa shape index (κ1) is 17.4. The molecule has 4 aromatic rings. The molecule has 0 spiro atoms. The second kappa shape index (κ2) is 8.10. The minimum atomic E-state index is -0.315. The maximum absolute atomic E-state index is 12.1. The smallest absolute Gasteiger partial charge is 0.272 e. The Morgan fingerprint density at radius 1 is 1.18 bits per heavy atom. The fourth-order valence-electron chi connectivity index (χ4n) is 2.58. The molecule has 0 atom stereocenters. The third-order valence-corrected chi connectivity index (χ3v) is 3.95. The molecule has 0 aliphatic heterocycles. The third-order valence-electron chi connectivity index (χ3n) is 3.95. The number of aromatic nitrogens is 3. The number of fused-ring (bicyclic) bond motifs is 1. The van der Waals surface area contributed by atoms with Gasteiger partial charge in [0.15, 0.2) is 11.5 Å². The Kier molecular flexibility index (Phi) is 5.02. The van der Waals surface area contributed by atoms with E-state index in [4.69, 9.17) is 9.15 Å². The first-order valence-corrected chi connectivity index (χ1v) is 8.60. The molecule has 0 fully saturated rings. The van der Waals surface area contributed by atoms with Gasteiger partial charge < -0.3 is 14.5 Å². The highest BCUT2D eigenvalue weighted by molar-refractivity contribution is 5.93. The van der Waals surface area contributed by atoms with Crippen LogP contribution in [0.5, 0.6) is 5.75 Å². The molecule has 0 aliphatic carbocycles. The molecule has 0 aliphatic rings. The molecule has 7 nitrogen and oxygen atoms in total. The molecule has 3 heterocycles. The largest absolute Gasteiger partial charge is 0.481 e. The summed E-state index contributed by atoms with van der Waals surface area (Å²) in [5, 5.41) is 10.5. The Hall–Kier alpha value is -4.05. The predicted molar refractivity (Wildman–Crippen MR) is 104 cm³/mol. The summed E-state index contributed by atoms with van der Waals surface area (Å²) in [6.45, 7) is 0.420. The third kappa shape index (κ3) is 4.02. The number of pyridine rings is 1. The standard InChI is InChI=1S/C21H16N4O3/c26-21(19-14-18(24-25-19)20-6-4-12-28-20)23-9-1-2-11-27-16-8-7-15-5-3-10-22-17(15)13-16/h3-8,10,12-14H,9,11H2,(H,23,26)(H,24,25). The van der Waals surface area contributed by atoms with Crippen LogP contribution in [0.1, 0.15) is 10.5 Å². The van der Waals surface area contributed by atoms with Crippen molar-refractivity contribution in [2.45, 2.75) is 0 Å². The summed E-state index contributed by atoms with van der Waals surface area (Å²) in [6.07, 6.45) is 3.30. The predicted octanol–water partition coefficient (Wildman–Crippen LogP) is 3.03. The van der Waals surface area contributed by atoms with Crippen LogP contribution in [0.4, 0.5) is 0 Å². The number of nitrogens with zero attached hydrogens (tertiary/aromatic N) is 2. The zero-order valence-corrected chi connectivity index (χ0v) is 14.8. The van der Waals surface area contributed by atoms with Crippen LogP contribution >= 0.6 is 0 Å². The molecule has 0 unspecified atom stereocenters. The highest BCUT2D eigenvalue weighted by Crippen LogP contribution is 2.19. The molecule has 0 saturated heterocycles. The van der Waals surface area contributed by atoms with E-state index in [1.807, 2.05) is 30.3 Å². The van der Waals surface area contributed by atoms with E-state index in [-0.39, 0.29) is 24.8 Å². The molecule has 28 heavy (non-hydrogen) atoms. The highest BCUT2D eigenvalue weighted by atomic mass is 16.5. The van der Waals surface area contributed by atoms with E-state index >= 15 is 0 Å². The monoisotopic (exact) mass is 372 g/mol. The highest BCUT2D eigenvalue weighted by Gasteiger charge is 2.11. The van der Waals surface area contributed by atoms with Crippen LogP contribution in [-0.4, -0.2) is 34.2 Å². The van der Waals surface area contributed by atoms with Gasteiger partial charge in [0.1, 0.15) is 18.1 Å². The first-order valence-electron chi connectivity index (χ1n) is 8.60. The molecular weight excluding hydrogens is 356 g/mol. The van der Waals surface area contributed by atoms with E-state index in [0.717, 1.165) is 10.9 Å². The molecule has 138 valence electrons. The van der Waals surface area contributed by atoms with Crippen molar-refractivity contribution in [3.05, 3.63) is 66.7 Å². The summed E-state index contributed by atoms with van der Waals surface area (Å²) in [7, 11) is 0. The fraction of sp³-hybridized carbons (Fsp3) is 0.0952. The van der Waals surface area contributed by atoms with Gasteiger partial charge in [-0.25, -0.2) is 0 Å². The Morgan fingerprint density at radius 2 is 2.14 bits per heavy atom. The zero-order chi connectivity index (χ0) is 19.2. The van der Waals surface area contributed by atoms with Crippen LogP contribution in [0.15, 0.2) is 65.4 Å². The van der Waals surface area contributed by atoms with Crippen molar-refractivity contribution in [3.63, 3.8) is 0 Å². The molecule has 4 rings (SSSR count). The minimum absolute atomic E-state index is 0.199. The van der Waals surface area contributed by atoms with Crippen LogP contribution in [0.2, 0.25) is 0 Å². The number of H-pyrrole nitrogens is 1. The van der Waals surface area contributed by atoms with E-state index in [9.17, 15) is 4.79 Å². The summed E-state index contributed by atoms with van der Waals surface area (Å²) < 4.78 is 10.9. The van der Waals surface area contributed by atoms with E-state index in [0.29, 0.717) is 17.2 Å². The summed E-state index contributed by atoms with van der Waals surface area (Å²) in [5.41, 5.74) is 1.78. The molecule has 1 amide bonds. The summed E-state index contributed by atoms with van der Waals surface area (Å²) >= 11 is 0. The SMILES string of the molecule is O=C(NCC#CCOc1ccc2cccnc2c1)c1cc(-c2ccco2)[nH]n1.